The van der Waals surface area contributed by atoms with Crippen LogP contribution in [0.5, 0.6) is 0 Å². The van der Waals surface area contributed by atoms with E-state index in [1.54, 1.807) is 0 Å². The molecule has 1 aliphatic carbocycles. The maximum atomic E-state index is 6.31. The Morgan fingerprint density at radius 3 is 1.95 bits per heavy atom. The Bertz CT molecular complexity index is 1440. The van der Waals surface area contributed by atoms with Gasteiger partial charge in [-0.05, 0) is 60.4 Å². The molecule has 0 fully saturated rings. The van der Waals surface area contributed by atoms with Crippen molar-refractivity contribution in [2.45, 2.75) is 39.5 Å². The van der Waals surface area contributed by atoms with E-state index in [0.29, 0.717) is 23.4 Å². The topological polar surface area (TPSA) is 64.7 Å². The monoisotopic (exact) mass is 498 g/mol. The third-order valence-corrected chi connectivity index (χ3v) is 7.11. The molecule has 2 N–H and O–H groups in total. The van der Waals surface area contributed by atoms with Gasteiger partial charge in [-0.25, -0.2) is 15.0 Å². The van der Waals surface area contributed by atoms with Gasteiger partial charge in [0.1, 0.15) is 0 Å². The molecule has 0 saturated heterocycles. The van der Waals surface area contributed by atoms with Crippen molar-refractivity contribution in [1.82, 2.24) is 15.0 Å². The molecule has 0 radical (unpaired) electrons. The van der Waals surface area contributed by atoms with Gasteiger partial charge >= 0.3 is 0 Å². The lowest BCUT2D eigenvalue weighted by Gasteiger charge is -2.16. The Balaban J connectivity index is 1.51. The van der Waals surface area contributed by atoms with Crippen LogP contribution in [-0.2, 0) is 12.8 Å². The molecule has 1 aliphatic rings. The summed E-state index contributed by atoms with van der Waals surface area (Å²) in [6.45, 7) is 8.84. The van der Waals surface area contributed by atoms with E-state index in [4.69, 9.17) is 20.7 Å². The smallest absolute Gasteiger partial charge is 0.164 e. The van der Waals surface area contributed by atoms with Crippen molar-refractivity contribution >= 4 is 11.3 Å². The van der Waals surface area contributed by atoms with Crippen molar-refractivity contribution < 1.29 is 0 Å². The van der Waals surface area contributed by atoms with E-state index < -0.39 is 0 Å². The molecular formula is C34H34N4. The van der Waals surface area contributed by atoms with Gasteiger partial charge in [0.15, 0.2) is 17.5 Å². The third kappa shape index (κ3) is 5.65. The van der Waals surface area contributed by atoms with Crippen molar-refractivity contribution in [3.8, 4) is 22.8 Å². The Hall–Kier alpha value is -4.31. The highest BCUT2D eigenvalue weighted by atomic mass is 15.0. The van der Waals surface area contributed by atoms with Gasteiger partial charge in [0.25, 0.3) is 0 Å². The number of benzene rings is 3. The summed E-state index contributed by atoms with van der Waals surface area (Å²) in [4.78, 5) is 14.8. The normalized spacial score (nSPS) is 15.5. The summed E-state index contributed by atoms with van der Waals surface area (Å²) in [6.07, 6.45) is 8.22. The van der Waals surface area contributed by atoms with Gasteiger partial charge in [0.2, 0.25) is 0 Å². The highest BCUT2D eigenvalue weighted by Gasteiger charge is 2.21. The van der Waals surface area contributed by atoms with E-state index in [-0.39, 0.29) is 0 Å². The number of nitrogen functional groups attached to an aromatic ring is 1. The fraction of sp³-hybridized carbons (Fsp3) is 0.206. The molecule has 0 amide bonds. The highest BCUT2D eigenvalue weighted by Crippen LogP contribution is 2.35. The van der Waals surface area contributed by atoms with Gasteiger partial charge in [-0.2, -0.15) is 0 Å². The first-order valence-corrected chi connectivity index (χ1v) is 13.4. The molecule has 0 bridgehead atoms. The van der Waals surface area contributed by atoms with Crippen molar-refractivity contribution in [2.24, 2.45) is 5.92 Å². The highest BCUT2D eigenvalue weighted by molar-refractivity contribution is 5.79. The lowest BCUT2D eigenvalue weighted by Crippen LogP contribution is -2.06. The number of anilines is 1. The van der Waals surface area contributed by atoms with Gasteiger partial charge in [-0.15, -0.1) is 0 Å². The SMILES string of the molecule is C=C1CC(Cc2ccc(CC)c(N)c2)C=C(CC)C=C1c1nc(-c2ccccc2)nc(-c2ccccc2)n1. The van der Waals surface area contributed by atoms with Crippen molar-refractivity contribution in [2.75, 3.05) is 5.73 Å². The minimum absolute atomic E-state index is 0.321. The van der Waals surface area contributed by atoms with Crippen LogP contribution in [0.4, 0.5) is 5.69 Å². The summed E-state index contributed by atoms with van der Waals surface area (Å²) < 4.78 is 0. The van der Waals surface area contributed by atoms with Crippen LogP contribution in [0.3, 0.4) is 0 Å². The molecule has 1 aromatic heterocycles. The summed E-state index contributed by atoms with van der Waals surface area (Å²) in [6, 6.07) is 26.7. The van der Waals surface area contributed by atoms with Crippen LogP contribution in [0.15, 0.2) is 109 Å². The molecule has 0 spiro atoms. The molecule has 190 valence electrons. The molecule has 0 saturated carbocycles. The van der Waals surface area contributed by atoms with Crippen LogP contribution in [0.1, 0.15) is 43.6 Å². The zero-order valence-electron chi connectivity index (χ0n) is 22.2. The van der Waals surface area contributed by atoms with Crippen LogP contribution < -0.4 is 5.73 Å². The number of allylic oxidation sites excluding steroid dienone is 5. The van der Waals surface area contributed by atoms with Gasteiger partial charge in [-0.3, -0.25) is 0 Å². The molecule has 1 unspecified atom stereocenters. The third-order valence-electron chi connectivity index (χ3n) is 7.11. The predicted molar refractivity (Wildman–Crippen MR) is 158 cm³/mol. The second-order valence-corrected chi connectivity index (χ2v) is 9.85. The van der Waals surface area contributed by atoms with E-state index in [1.165, 1.54) is 16.7 Å². The largest absolute Gasteiger partial charge is 0.398 e. The van der Waals surface area contributed by atoms with Gasteiger partial charge in [0, 0.05) is 22.4 Å². The number of aromatic nitrogens is 3. The first kappa shape index (κ1) is 25.3. The van der Waals surface area contributed by atoms with E-state index in [9.17, 15) is 0 Å². The van der Waals surface area contributed by atoms with Crippen molar-refractivity contribution in [3.05, 3.63) is 126 Å². The van der Waals surface area contributed by atoms with Gasteiger partial charge in [-0.1, -0.05) is 105 Å². The van der Waals surface area contributed by atoms with Crippen LogP contribution in [0.25, 0.3) is 28.3 Å². The van der Waals surface area contributed by atoms with Crippen molar-refractivity contribution in [3.63, 3.8) is 0 Å². The Morgan fingerprint density at radius 2 is 1.39 bits per heavy atom. The molecule has 4 heteroatoms. The summed E-state index contributed by atoms with van der Waals surface area (Å²) in [5.41, 5.74) is 14.9. The van der Waals surface area contributed by atoms with Gasteiger partial charge < -0.3 is 5.73 Å². The molecular weight excluding hydrogens is 464 g/mol. The molecule has 5 rings (SSSR count). The Morgan fingerprint density at radius 1 is 0.789 bits per heavy atom. The quantitative estimate of drug-likeness (QED) is 0.263. The standard InChI is InChI=1S/C34H34N4/c1-4-24-19-26(20-25-16-17-27(5-2)31(35)22-25)18-23(3)30(21-24)34-37-32(28-12-8-6-9-13-28)36-33(38-34)29-14-10-7-11-15-29/h6-17,19,21-22,26H,3-5,18,20,35H2,1-2H3. The lowest BCUT2D eigenvalue weighted by molar-refractivity contribution is 0.646. The molecule has 4 aromatic rings. The second-order valence-electron chi connectivity index (χ2n) is 9.85. The van der Waals surface area contributed by atoms with Crippen LogP contribution in [0, 0.1) is 5.92 Å². The van der Waals surface area contributed by atoms with Crippen LogP contribution >= 0.6 is 0 Å². The number of aryl methyl sites for hydroxylation is 1. The second kappa shape index (κ2) is 11.4. The van der Waals surface area contributed by atoms with E-state index in [1.807, 2.05) is 60.7 Å². The summed E-state index contributed by atoms with van der Waals surface area (Å²) in [5, 5.41) is 0. The van der Waals surface area contributed by atoms with Crippen molar-refractivity contribution in [1.29, 1.82) is 0 Å². The molecule has 4 nitrogen and oxygen atoms in total. The summed E-state index contributed by atoms with van der Waals surface area (Å²) >= 11 is 0. The number of hydrogen-bond donors (Lipinski definition) is 1. The maximum absolute atomic E-state index is 6.31. The summed E-state index contributed by atoms with van der Waals surface area (Å²) in [7, 11) is 0. The number of nitrogens with two attached hydrogens (primary N) is 1. The van der Waals surface area contributed by atoms with E-state index in [2.05, 4.69) is 50.8 Å². The molecule has 0 aliphatic heterocycles. The van der Waals surface area contributed by atoms with Crippen LogP contribution in [0.2, 0.25) is 0 Å². The predicted octanol–water partition coefficient (Wildman–Crippen LogP) is 7.89. The van der Waals surface area contributed by atoms with E-state index >= 15 is 0 Å². The first-order chi connectivity index (χ1) is 18.5. The van der Waals surface area contributed by atoms with E-state index in [0.717, 1.165) is 53.6 Å². The lowest BCUT2D eigenvalue weighted by atomic mass is 9.90. The van der Waals surface area contributed by atoms with Gasteiger partial charge in [0.05, 0.1) is 0 Å². The minimum Gasteiger partial charge on any atom is -0.398 e. The average molecular weight is 499 g/mol. The number of rotatable bonds is 7. The molecule has 3 aromatic carbocycles. The first-order valence-electron chi connectivity index (χ1n) is 13.4. The molecule has 38 heavy (non-hydrogen) atoms. The minimum atomic E-state index is 0.321. The zero-order valence-corrected chi connectivity index (χ0v) is 22.2. The number of nitrogens with zero attached hydrogens (tertiary/aromatic N) is 3. The Kier molecular flexibility index (Phi) is 7.60. The molecule has 1 atom stereocenters. The van der Waals surface area contributed by atoms with Crippen LogP contribution in [-0.4, -0.2) is 15.0 Å². The Labute approximate surface area is 225 Å². The summed E-state index contributed by atoms with van der Waals surface area (Å²) in [5.74, 6) is 2.32. The molecule has 1 heterocycles. The fourth-order valence-electron chi connectivity index (χ4n) is 5.02. The zero-order chi connectivity index (χ0) is 26.5. The number of hydrogen-bond acceptors (Lipinski definition) is 4. The maximum Gasteiger partial charge on any atom is 0.164 e. The average Bonchev–Trinajstić information content (AvgIpc) is 3.11. The fourth-order valence-corrected chi connectivity index (χ4v) is 5.02.